The maximum absolute atomic E-state index is 13.3. The maximum Gasteiger partial charge on any atom is 0.258 e. The summed E-state index contributed by atoms with van der Waals surface area (Å²) < 4.78 is 0. The molecular weight excluding hydrogens is 374 g/mol. The summed E-state index contributed by atoms with van der Waals surface area (Å²) >= 11 is 0. The molecule has 5 heteroatoms. The lowest BCUT2D eigenvalue weighted by Crippen LogP contribution is -2.54. The van der Waals surface area contributed by atoms with E-state index in [0.717, 1.165) is 57.5 Å². The van der Waals surface area contributed by atoms with E-state index in [1.165, 1.54) is 45.1 Å². The first kappa shape index (κ1) is 21.8. The number of aromatic nitrogens is 1. The summed E-state index contributed by atoms with van der Waals surface area (Å²) in [5.74, 6) is 0.577. The number of nitrogens with one attached hydrogen (secondary N) is 1. The van der Waals surface area contributed by atoms with E-state index in [0.29, 0.717) is 5.69 Å². The molecule has 1 aliphatic heterocycles. The fourth-order valence-electron chi connectivity index (χ4n) is 5.91. The van der Waals surface area contributed by atoms with Gasteiger partial charge in [0.05, 0.1) is 5.69 Å². The number of carbonyl (C=O) groups is 1. The van der Waals surface area contributed by atoms with E-state index in [4.69, 9.17) is 0 Å². The Hall–Kier alpha value is -1.46. The molecule has 0 aromatic carbocycles. The van der Waals surface area contributed by atoms with Crippen LogP contribution >= 0.6 is 0 Å². The van der Waals surface area contributed by atoms with Crippen molar-refractivity contribution in [3.8, 4) is 0 Å². The van der Waals surface area contributed by atoms with Crippen molar-refractivity contribution in [2.45, 2.75) is 88.7 Å². The predicted molar refractivity (Wildman–Crippen MR) is 119 cm³/mol. The molecule has 0 bridgehead atoms. The van der Waals surface area contributed by atoms with Crippen molar-refractivity contribution in [2.24, 2.45) is 11.8 Å². The first-order valence-corrected chi connectivity index (χ1v) is 12.3. The Morgan fingerprint density at radius 1 is 1.00 bits per heavy atom. The molecular formula is C25H39N3O2. The highest BCUT2D eigenvalue weighted by Crippen LogP contribution is 2.40. The van der Waals surface area contributed by atoms with Crippen LogP contribution in [0.15, 0.2) is 24.4 Å². The van der Waals surface area contributed by atoms with Gasteiger partial charge in [-0.2, -0.15) is 0 Å². The van der Waals surface area contributed by atoms with Crippen LogP contribution in [0.5, 0.6) is 0 Å². The van der Waals surface area contributed by atoms with Crippen LogP contribution in [-0.2, 0) is 10.4 Å². The molecule has 1 aromatic rings. The van der Waals surface area contributed by atoms with Crippen LogP contribution in [0.2, 0.25) is 0 Å². The molecule has 2 saturated carbocycles. The van der Waals surface area contributed by atoms with Crippen LogP contribution in [0.25, 0.3) is 0 Å². The summed E-state index contributed by atoms with van der Waals surface area (Å²) in [6.07, 6.45) is 15.9. The zero-order chi connectivity index (χ0) is 20.8. The number of amides is 1. The molecule has 1 amide bonds. The Morgan fingerprint density at radius 2 is 1.67 bits per heavy atom. The number of likely N-dealkylation sites (tertiary alicyclic amines) is 1. The standard InChI is InChI=1S/C25H39N3O2/c29-24(25(30,21-11-5-6-12-21)23-13-7-8-16-26-23)27-22-14-17-28(18-15-22)19-20-9-3-1-2-4-10-20/h7-8,13,16,20-22,30H,1-6,9-12,14-15,17-19H2,(H,27,29). The van der Waals surface area contributed by atoms with Crippen molar-refractivity contribution in [1.82, 2.24) is 15.2 Å². The Balaban J connectivity index is 1.33. The summed E-state index contributed by atoms with van der Waals surface area (Å²) in [6, 6.07) is 5.65. The molecule has 2 heterocycles. The summed E-state index contributed by atoms with van der Waals surface area (Å²) in [6.45, 7) is 3.32. The third-order valence-corrected chi connectivity index (χ3v) is 7.76. The predicted octanol–water partition coefficient (Wildman–Crippen LogP) is 4.01. The SMILES string of the molecule is O=C(NC1CCN(CC2CCCCCC2)CC1)C(O)(c1ccccn1)C1CCCC1. The van der Waals surface area contributed by atoms with Gasteiger partial charge >= 0.3 is 0 Å². The Kier molecular flexibility index (Phi) is 7.42. The average molecular weight is 414 g/mol. The highest BCUT2D eigenvalue weighted by molar-refractivity contribution is 5.86. The van der Waals surface area contributed by atoms with Crippen LogP contribution in [0.4, 0.5) is 0 Å². The van der Waals surface area contributed by atoms with Gasteiger partial charge in [0.25, 0.3) is 5.91 Å². The van der Waals surface area contributed by atoms with Gasteiger partial charge in [0, 0.05) is 37.8 Å². The molecule has 1 unspecified atom stereocenters. The number of pyridine rings is 1. The van der Waals surface area contributed by atoms with E-state index < -0.39 is 5.60 Å². The van der Waals surface area contributed by atoms with E-state index >= 15 is 0 Å². The number of hydrogen-bond acceptors (Lipinski definition) is 4. The summed E-state index contributed by atoms with van der Waals surface area (Å²) in [7, 11) is 0. The van der Waals surface area contributed by atoms with Gasteiger partial charge in [0.1, 0.15) is 0 Å². The van der Waals surface area contributed by atoms with Gasteiger partial charge in [0.15, 0.2) is 5.60 Å². The minimum Gasteiger partial charge on any atom is -0.374 e. The van der Waals surface area contributed by atoms with Gasteiger partial charge in [-0.15, -0.1) is 0 Å². The molecule has 1 saturated heterocycles. The Labute approximate surface area is 181 Å². The van der Waals surface area contributed by atoms with E-state index in [-0.39, 0.29) is 17.9 Å². The quantitative estimate of drug-likeness (QED) is 0.692. The second kappa shape index (κ2) is 10.2. The molecule has 0 radical (unpaired) electrons. The topological polar surface area (TPSA) is 65.5 Å². The number of piperidine rings is 1. The fraction of sp³-hybridized carbons (Fsp3) is 0.760. The number of hydrogen-bond donors (Lipinski definition) is 2. The second-order valence-corrected chi connectivity index (χ2v) is 9.87. The Morgan fingerprint density at radius 3 is 2.30 bits per heavy atom. The van der Waals surface area contributed by atoms with E-state index in [1.54, 1.807) is 12.3 Å². The lowest BCUT2D eigenvalue weighted by atomic mass is 9.81. The molecule has 166 valence electrons. The summed E-state index contributed by atoms with van der Waals surface area (Å²) in [5.41, 5.74) is -1.00. The Bertz CT molecular complexity index is 660. The molecule has 0 spiro atoms. The zero-order valence-electron chi connectivity index (χ0n) is 18.4. The summed E-state index contributed by atoms with van der Waals surface area (Å²) in [4.78, 5) is 20.3. The van der Waals surface area contributed by atoms with Crippen molar-refractivity contribution in [3.63, 3.8) is 0 Å². The van der Waals surface area contributed by atoms with Crippen molar-refractivity contribution < 1.29 is 9.90 Å². The second-order valence-electron chi connectivity index (χ2n) is 9.87. The number of rotatable bonds is 6. The lowest BCUT2D eigenvalue weighted by Gasteiger charge is -2.37. The highest BCUT2D eigenvalue weighted by Gasteiger charge is 2.48. The molecule has 2 N–H and O–H groups in total. The fourth-order valence-corrected chi connectivity index (χ4v) is 5.91. The van der Waals surface area contributed by atoms with Gasteiger partial charge in [-0.1, -0.05) is 44.6 Å². The van der Waals surface area contributed by atoms with Gasteiger partial charge in [-0.25, -0.2) is 0 Å². The normalized spacial score (nSPS) is 25.0. The monoisotopic (exact) mass is 413 g/mol. The van der Waals surface area contributed by atoms with Crippen LogP contribution in [0.3, 0.4) is 0 Å². The molecule has 30 heavy (non-hydrogen) atoms. The largest absolute Gasteiger partial charge is 0.374 e. The van der Waals surface area contributed by atoms with Gasteiger partial charge in [0.2, 0.25) is 0 Å². The number of nitrogens with zero attached hydrogens (tertiary/aromatic N) is 2. The third-order valence-electron chi connectivity index (χ3n) is 7.76. The molecule has 4 rings (SSSR count). The minimum absolute atomic E-state index is 0.0391. The first-order chi connectivity index (χ1) is 14.7. The lowest BCUT2D eigenvalue weighted by molar-refractivity contribution is -0.149. The van der Waals surface area contributed by atoms with Gasteiger partial charge in [-0.3, -0.25) is 9.78 Å². The third kappa shape index (κ3) is 5.05. The van der Waals surface area contributed by atoms with E-state index in [9.17, 15) is 9.90 Å². The smallest absolute Gasteiger partial charge is 0.258 e. The first-order valence-electron chi connectivity index (χ1n) is 12.3. The number of aliphatic hydroxyl groups is 1. The highest BCUT2D eigenvalue weighted by atomic mass is 16.3. The zero-order valence-corrected chi connectivity index (χ0v) is 18.4. The summed E-state index contributed by atoms with van der Waals surface area (Å²) in [5, 5.41) is 14.8. The van der Waals surface area contributed by atoms with Crippen molar-refractivity contribution >= 4 is 5.91 Å². The molecule has 1 atom stereocenters. The van der Waals surface area contributed by atoms with Crippen molar-refractivity contribution in [3.05, 3.63) is 30.1 Å². The van der Waals surface area contributed by atoms with Crippen LogP contribution < -0.4 is 5.32 Å². The molecule has 3 aliphatic rings. The molecule has 5 nitrogen and oxygen atoms in total. The van der Waals surface area contributed by atoms with Crippen LogP contribution in [0.1, 0.15) is 82.7 Å². The van der Waals surface area contributed by atoms with Crippen molar-refractivity contribution in [2.75, 3.05) is 19.6 Å². The maximum atomic E-state index is 13.3. The van der Waals surface area contributed by atoms with Gasteiger partial charge in [-0.05, 0) is 56.6 Å². The molecule has 2 aliphatic carbocycles. The number of carbonyl (C=O) groups excluding carboxylic acids is 1. The average Bonchev–Trinajstić information content (AvgIpc) is 3.21. The van der Waals surface area contributed by atoms with E-state index in [2.05, 4.69) is 15.2 Å². The molecule has 3 fully saturated rings. The van der Waals surface area contributed by atoms with Crippen LogP contribution in [-0.4, -0.2) is 46.6 Å². The van der Waals surface area contributed by atoms with E-state index in [1.807, 2.05) is 12.1 Å². The minimum atomic E-state index is -1.50. The van der Waals surface area contributed by atoms with Crippen molar-refractivity contribution in [1.29, 1.82) is 0 Å². The van der Waals surface area contributed by atoms with Crippen LogP contribution in [0, 0.1) is 11.8 Å². The molecule has 1 aromatic heterocycles. The van der Waals surface area contributed by atoms with Gasteiger partial charge < -0.3 is 15.3 Å².